The summed E-state index contributed by atoms with van der Waals surface area (Å²) in [5, 5.41) is 13.5. The Morgan fingerprint density at radius 1 is 1.00 bits per heavy atom. The fourth-order valence-corrected chi connectivity index (χ4v) is 2.92. The minimum atomic E-state index is -4.42. The first-order valence-electron chi connectivity index (χ1n) is 8.44. The first kappa shape index (κ1) is 18.9. The molecule has 1 N–H and O–H groups in total. The van der Waals surface area contributed by atoms with Gasteiger partial charge in [0, 0.05) is 17.4 Å². The topological polar surface area (TPSA) is 64.1 Å². The van der Waals surface area contributed by atoms with E-state index in [-0.39, 0.29) is 5.76 Å². The fourth-order valence-electron chi connectivity index (χ4n) is 2.92. The van der Waals surface area contributed by atoms with Crippen LogP contribution in [0.15, 0.2) is 65.6 Å². The molecule has 0 saturated heterocycles. The molecule has 0 unspecified atom stereocenters. The highest BCUT2D eigenvalue weighted by atomic mass is 19.4. The number of aromatic nitrogens is 3. The van der Waals surface area contributed by atoms with Crippen molar-refractivity contribution in [2.24, 2.45) is 0 Å². The molecule has 0 saturated carbocycles. The number of benzene rings is 2. The maximum Gasteiger partial charge on any atom is 0.416 e. The van der Waals surface area contributed by atoms with Crippen LogP contribution in [-0.2, 0) is 12.8 Å². The highest BCUT2D eigenvalue weighted by Crippen LogP contribution is 2.34. The predicted molar refractivity (Wildman–Crippen MR) is 95.4 cm³/mol. The molecule has 0 aliphatic heterocycles. The van der Waals surface area contributed by atoms with Crippen molar-refractivity contribution in [3.05, 3.63) is 78.2 Å². The van der Waals surface area contributed by atoms with E-state index in [4.69, 9.17) is 4.52 Å². The number of imidazole rings is 1. The molecule has 0 amide bonds. The van der Waals surface area contributed by atoms with E-state index >= 15 is 0 Å². The zero-order valence-electron chi connectivity index (χ0n) is 14.7. The average Bonchev–Trinajstić information content (AvgIpc) is 3.35. The third kappa shape index (κ3) is 3.64. The Kier molecular flexibility index (Phi) is 4.67. The lowest BCUT2D eigenvalue weighted by molar-refractivity contribution is -0.137. The average molecular weight is 403 g/mol. The third-order valence-corrected chi connectivity index (χ3v) is 4.36. The van der Waals surface area contributed by atoms with Crippen LogP contribution in [0.1, 0.15) is 11.3 Å². The summed E-state index contributed by atoms with van der Waals surface area (Å²) in [5.74, 6) is -0.241. The lowest BCUT2D eigenvalue weighted by atomic mass is 10.0. The number of aliphatic hydroxyl groups excluding tert-OH is 1. The number of aliphatic hydroxyl groups is 1. The van der Waals surface area contributed by atoms with E-state index in [1.165, 1.54) is 47.3 Å². The number of hydrogen-bond donors (Lipinski definition) is 1. The molecule has 0 aliphatic carbocycles. The van der Waals surface area contributed by atoms with E-state index in [1.54, 1.807) is 6.20 Å². The summed E-state index contributed by atoms with van der Waals surface area (Å²) < 4.78 is 58.2. The normalized spacial score (nSPS) is 11.8. The van der Waals surface area contributed by atoms with Crippen molar-refractivity contribution in [1.29, 1.82) is 0 Å². The van der Waals surface area contributed by atoms with E-state index in [9.17, 15) is 22.7 Å². The second-order valence-corrected chi connectivity index (χ2v) is 6.21. The van der Waals surface area contributed by atoms with Crippen molar-refractivity contribution in [2.75, 3.05) is 0 Å². The standard InChI is InChI=1S/C20H13F4N3O2/c21-14-5-1-12(2-6-14)19-18(17(10-28)29-26-19)16-9-27(11-25-16)15-7-3-13(4-8-15)20(22,23)24/h1-9,11,28H,10H2. The van der Waals surface area contributed by atoms with Crippen LogP contribution in [-0.4, -0.2) is 19.8 Å². The number of nitrogens with zero attached hydrogens (tertiary/aromatic N) is 3. The molecule has 4 aromatic rings. The van der Waals surface area contributed by atoms with Crippen molar-refractivity contribution >= 4 is 0 Å². The van der Waals surface area contributed by atoms with Crippen LogP contribution in [0, 0.1) is 5.82 Å². The van der Waals surface area contributed by atoms with Crippen LogP contribution in [0.25, 0.3) is 28.2 Å². The zero-order valence-corrected chi connectivity index (χ0v) is 14.7. The van der Waals surface area contributed by atoms with Gasteiger partial charge >= 0.3 is 6.18 Å². The van der Waals surface area contributed by atoms with Gasteiger partial charge in [0.15, 0.2) is 5.76 Å². The summed E-state index contributed by atoms with van der Waals surface area (Å²) in [6, 6.07) is 10.2. The van der Waals surface area contributed by atoms with Crippen LogP contribution < -0.4 is 0 Å². The molecular weight excluding hydrogens is 390 g/mol. The monoisotopic (exact) mass is 403 g/mol. The van der Waals surface area contributed by atoms with Crippen LogP contribution >= 0.6 is 0 Å². The Hall–Kier alpha value is -3.46. The molecule has 2 aromatic heterocycles. The number of rotatable bonds is 4. The molecule has 5 nitrogen and oxygen atoms in total. The number of alkyl halides is 3. The molecular formula is C20H13F4N3O2. The maximum absolute atomic E-state index is 13.2. The second kappa shape index (κ2) is 7.17. The largest absolute Gasteiger partial charge is 0.416 e. The SMILES string of the molecule is OCc1onc(-c2ccc(F)cc2)c1-c1cn(-c2ccc(C(F)(F)F)cc2)cn1. The Balaban J connectivity index is 1.73. The molecule has 29 heavy (non-hydrogen) atoms. The van der Waals surface area contributed by atoms with Crippen LogP contribution in [0.5, 0.6) is 0 Å². The first-order valence-corrected chi connectivity index (χ1v) is 8.44. The zero-order chi connectivity index (χ0) is 20.6. The van der Waals surface area contributed by atoms with Gasteiger partial charge in [-0.1, -0.05) is 5.16 Å². The van der Waals surface area contributed by atoms with Gasteiger partial charge in [-0.15, -0.1) is 0 Å². The molecule has 0 aliphatic rings. The van der Waals surface area contributed by atoms with E-state index in [2.05, 4.69) is 10.1 Å². The maximum atomic E-state index is 13.2. The minimum Gasteiger partial charge on any atom is -0.388 e. The summed E-state index contributed by atoms with van der Waals surface area (Å²) in [5.41, 5.74) is 1.48. The highest BCUT2D eigenvalue weighted by molar-refractivity contribution is 5.80. The summed E-state index contributed by atoms with van der Waals surface area (Å²) in [7, 11) is 0. The molecule has 0 spiro atoms. The molecule has 0 atom stereocenters. The van der Waals surface area contributed by atoms with Crippen molar-refractivity contribution in [3.8, 4) is 28.2 Å². The molecule has 0 fully saturated rings. The smallest absolute Gasteiger partial charge is 0.388 e. The fraction of sp³-hybridized carbons (Fsp3) is 0.100. The Bertz CT molecular complexity index is 1130. The first-order chi connectivity index (χ1) is 13.9. The molecule has 2 aromatic carbocycles. The Morgan fingerprint density at radius 3 is 2.31 bits per heavy atom. The van der Waals surface area contributed by atoms with Gasteiger partial charge < -0.3 is 14.2 Å². The summed E-state index contributed by atoms with van der Waals surface area (Å²) >= 11 is 0. The molecule has 4 rings (SSSR count). The predicted octanol–water partition coefficient (Wildman–Crippen LogP) is 4.84. The van der Waals surface area contributed by atoms with Crippen LogP contribution in [0.3, 0.4) is 0 Å². The van der Waals surface area contributed by atoms with E-state index in [1.807, 2.05) is 0 Å². The minimum absolute atomic E-state index is 0.169. The lowest BCUT2D eigenvalue weighted by Crippen LogP contribution is -2.04. The molecule has 9 heteroatoms. The highest BCUT2D eigenvalue weighted by Gasteiger charge is 2.30. The van der Waals surface area contributed by atoms with E-state index in [0.717, 1.165) is 12.1 Å². The van der Waals surface area contributed by atoms with E-state index < -0.39 is 24.2 Å². The van der Waals surface area contributed by atoms with Gasteiger partial charge in [-0.3, -0.25) is 0 Å². The van der Waals surface area contributed by atoms with Gasteiger partial charge in [-0.2, -0.15) is 13.2 Å². The molecule has 0 bridgehead atoms. The molecule has 0 radical (unpaired) electrons. The van der Waals surface area contributed by atoms with Crippen molar-refractivity contribution in [3.63, 3.8) is 0 Å². The van der Waals surface area contributed by atoms with Crippen molar-refractivity contribution in [1.82, 2.24) is 14.7 Å². The second-order valence-electron chi connectivity index (χ2n) is 6.21. The van der Waals surface area contributed by atoms with Crippen LogP contribution in [0.2, 0.25) is 0 Å². The van der Waals surface area contributed by atoms with E-state index in [0.29, 0.717) is 28.2 Å². The van der Waals surface area contributed by atoms with Gasteiger partial charge in [-0.05, 0) is 48.5 Å². The molecule has 2 heterocycles. The van der Waals surface area contributed by atoms with Gasteiger partial charge in [0.2, 0.25) is 0 Å². The summed E-state index contributed by atoms with van der Waals surface area (Å²) in [6.45, 7) is -0.434. The van der Waals surface area contributed by atoms with Crippen molar-refractivity contribution in [2.45, 2.75) is 12.8 Å². The van der Waals surface area contributed by atoms with Gasteiger partial charge in [-0.25, -0.2) is 9.37 Å². The third-order valence-electron chi connectivity index (χ3n) is 4.36. The van der Waals surface area contributed by atoms with Gasteiger partial charge in [0.05, 0.1) is 23.1 Å². The lowest BCUT2D eigenvalue weighted by Gasteiger charge is -2.07. The van der Waals surface area contributed by atoms with Crippen molar-refractivity contribution < 1.29 is 27.2 Å². The van der Waals surface area contributed by atoms with Crippen LogP contribution in [0.4, 0.5) is 17.6 Å². The Labute approximate surface area is 161 Å². The quantitative estimate of drug-likeness (QED) is 0.495. The summed E-state index contributed by atoms with van der Waals surface area (Å²) in [4.78, 5) is 4.27. The Morgan fingerprint density at radius 2 is 1.69 bits per heavy atom. The van der Waals surface area contributed by atoms with Gasteiger partial charge in [0.25, 0.3) is 0 Å². The summed E-state index contributed by atoms with van der Waals surface area (Å²) in [6.07, 6.45) is -1.40. The molecule has 148 valence electrons. The number of hydrogen-bond acceptors (Lipinski definition) is 4. The van der Waals surface area contributed by atoms with Gasteiger partial charge in [0.1, 0.15) is 18.1 Å². The number of halogens is 4.